The molecule has 5 nitrogen and oxygen atoms in total. The van der Waals surface area contributed by atoms with E-state index in [4.69, 9.17) is 16.3 Å². The highest BCUT2D eigenvalue weighted by atomic mass is 35.5. The molecule has 112 valence electrons. The van der Waals surface area contributed by atoms with Gasteiger partial charge in [-0.2, -0.15) is 15.0 Å². The minimum Gasteiger partial charge on any atom is -0.467 e. The van der Waals surface area contributed by atoms with Crippen molar-refractivity contribution in [1.82, 2.24) is 15.0 Å². The predicted molar refractivity (Wildman–Crippen MR) is 83.9 cm³/mol. The lowest BCUT2D eigenvalue weighted by atomic mass is 9.95. The van der Waals surface area contributed by atoms with Crippen LogP contribution in [0.15, 0.2) is 30.3 Å². The van der Waals surface area contributed by atoms with Gasteiger partial charge in [-0.3, -0.25) is 0 Å². The van der Waals surface area contributed by atoms with Crippen molar-refractivity contribution in [2.24, 2.45) is 0 Å². The van der Waals surface area contributed by atoms with Crippen LogP contribution in [0.2, 0.25) is 5.28 Å². The van der Waals surface area contributed by atoms with Crippen LogP contribution in [0.3, 0.4) is 0 Å². The Morgan fingerprint density at radius 1 is 1.14 bits per heavy atom. The maximum absolute atomic E-state index is 5.85. The fraction of sp³-hybridized carbons (Fsp3) is 0.400. The zero-order valence-corrected chi connectivity index (χ0v) is 13.2. The molecule has 6 heteroatoms. The van der Waals surface area contributed by atoms with Gasteiger partial charge in [-0.15, -0.1) is 0 Å². The second-order valence-corrected chi connectivity index (χ2v) is 5.75. The van der Waals surface area contributed by atoms with Crippen molar-refractivity contribution < 1.29 is 4.74 Å². The highest BCUT2D eigenvalue weighted by Gasteiger charge is 2.19. The van der Waals surface area contributed by atoms with Crippen molar-refractivity contribution >= 4 is 17.5 Å². The molecule has 2 aromatic rings. The predicted octanol–water partition coefficient (Wildman–Crippen LogP) is 3.36. The summed E-state index contributed by atoms with van der Waals surface area (Å²) >= 11 is 5.85. The monoisotopic (exact) mass is 306 g/mol. The molecule has 0 radical (unpaired) electrons. The molecule has 0 atom stereocenters. The van der Waals surface area contributed by atoms with Crippen molar-refractivity contribution in [1.29, 1.82) is 0 Å². The van der Waals surface area contributed by atoms with E-state index in [1.54, 1.807) is 0 Å². The van der Waals surface area contributed by atoms with Crippen molar-refractivity contribution in [2.45, 2.75) is 32.2 Å². The highest BCUT2D eigenvalue weighted by Crippen LogP contribution is 2.20. The zero-order chi connectivity index (χ0) is 15.3. The zero-order valence-electron chi connectivity index (χ0n) is 12.4. The van der Waals surface area contributed by atoms with Crippen molar-refractivity contribution in [3.63, 3.8) is 0 Å². The number of ether oxygens (including phenoxy) is 1. The maximum atomic E-state index is 5.85. The molecule has 1 aromatic carbocycles. The first-order valence-electron chi connectivity index (χ1n) is 6.76. The van der Waals surface area contributed by atoms with Gasteiger partial charge in [0.1, 0.15) is 0 Å². The normalized spacial score (nSPS) is 11.2. The summed E-state index contributed by atoms with van der Waals surface area (Å²) in [5, 5.41) is 3.39. The molecule has 0 aliphatic rings. The first-order chi connectivity index (χ1) is 9.98. The van der Waals surface area contributed by atoms with E-state index in [9.17, 15) is 0 Å². The largest absolute Gasteiger partial charge is 0.467 e. The van der Waals surface area contributed by atoms with Gasteiger partial charge < -0.3 is 10.1 Å². The third-order valence-corrected chi connectivity index (χ3v) is 3.27. The van der Waals surface area contributed by atoms with Crippen LogP contribution in [0.4, 0.5) is 5.95 Å². The number of nitrogens with zero attached hydrogens (tertiary/aromatic N) is 3. The van der Waals surface area contributed by atoms with Crippen LogP contribution >= 0.6 is 11.6 Å². The van der Waals surface area contributed by atoms with E-state index in [1.807, 2.05) is 18.2 Å². The summed E-state index contributed by atoms with van der Waals surface area (Å²) in [6, 6.07) is 10.6. The minimum absolute atomic E-state index is 0.114. The molecule has 21 heavy (non-hydrogen) atoms. The number of nitrogens with one attached hydrogen (secondary N) is 1. The number of rotatable bonds is 6. The number of anilines is 1. The molecule has 0 bridgehead atoms. The van der Waals surface area contributed by atoms with Crippen LogP contribution in [0, 0.1) is 0 Å². The summed E-state index contributed by atoms with van der Waals surface area (Å²) in [5.41, 5.74) is 1.13. The lowest BCUT2D eigenvalue weighted by molar-refractivity contribution is 0.378. The number of aromatic nitrogens is 3. The molecular weight excluding hydrogens is 288 g/mol. The molecule has 1 N–H and O–H groups in total. The Kier molecular flexibility index (Phi) is 4.96. The molecule has 0 aliphatic carbocycles. The number of aryl methyl sites for hydroxylation is 1. The first kappa shape index (κ1) is 15.5. The van der Waals surface area contributed by atoms with Crippen molar-refractivity contribution in [3.8, 4) is 6.01 Å². The van der Waals surface area contributed by atoms with Crippen LogP contribution in [0.5, 0.6) is 6.01 Å². The molecule has 2 rings (SSSR count). The molecule has 0 spiro atoms. The molecule has 0 aliphatic heterocycles. The Bertz CT molecular complexity index is 589. The van der Waals surface area contributed by atoms with Gasteiger partial charge in [0.2, 0.25) is 11.2 Å². The summed E-state index contributed by atoms with van der Waals surface area (Å²) in [4.78, 5) is 12.1. The molecule has 0 saturated heterocycles. The van der Waals surface area contributed by atoms with E-state index in [-0.39, 0.29) is 16.8 Å². The number of benzene rings is 1. The van der Waals surface area contributed by atoms with Gasteiger partial charge in [0.25, 0.3) is 0 Å². The first-order valence-corrected chi connectivity index (χ1v) is 7.14. The third-order valence-electron chi connectivity index (χ3n) is 3.10. The second-order valence-electron chi connectivity index (χ2n) is 5.41. The average molecular weight is 307 g/mol. The summed E-state index contributed by atoms with van der Waals surface area (Å²) < 4.78 is 4.99. The molecule has 0 fully saturated rings. The summed E-state index contributed by atoms with van der Waals surface area (Å²) in [5.74, 6) is 0.421. The lowest BCUT2D eigenvalue weighted by Gasteiger charge is -2.26. The van der Waals surface area contributed by atoms with Crippen LogP contribution in [0.25, 0.3) is 0 Å². The molecular formula is C15H19ClN4O. The SMILES string of the molecule is COc1nc(Cl)nc(NC(C)(C)CCc2ccccc2)n1. The second kappa shape index (κ2) is 6.72. The van der Waals surface area contributed by atoms with E-state index in [0.717, 1.165) is 12.8 Å². The van der Waals surface area contributed by atoms with Crippen molar-refractivity contribution in [2.75, 3.05) is 12.4 Å². The molecule has 0 unspecified atom stereocenters. The van der Waals surface area contributed by atoms with E-state index in [1.165, 1.54) is 12.7 Å². The number of halogens is 1. The van der Waals surface area contributed by atoms with Crippen LogP contribution < -0.4 is 10.1 Å². The molecule has 1 aromatic heterocycles. The average Bonchev–Trinajstić information content (AvgIpc) is 2.45. The van der Waals surface area contributed by atoms with Gasteiger partial charge in [0.15, 0.2) is 0 Å². The van der Waals surface area contributed by atoms with Gasteiger partial charge in [0.05, 0.1) is 7.11 Å². The Morgan fingerprint density at radius 2 is 1.86 bits per heavy atom. The van der Waals surface area contributed by atoms with Crippen LogP contribution in [-0.4, -0.2) is 27.6 Å². The Hall–Kier alpha value is -1.88. The quantitative estimate of drug-likeness (QED) is 0.886. The Morgan fingerprint density at radius 3 is 2.52 bits per heavy atom. The smallest absolute Gasteiger partial charge is 0.322 e. The van der Waals surface area contributed by atoms with Gasteiger partial charge in [-0.1, -0.05) is 30.3 Å². The maximum Gasteiger partial charge on any atom is 0.322 e. The summed E-state index contributed by atoms with van der Waals surface area (Å²) in [6.45, 7) is 4.19. The summed E-state index contributed by atoms with van der Waals surface area (Å²) in [7, 11) is 1.50. The number of hydrogen-bond acceptors (Lipinski definition) is 5. The fourth-order valence-corrected chi connectivity index (χ4v) is 2.10. The topological polar surface area (TPSA) is 59.9 Å². The standard InChI is InChI=1S/C15H19ClN4O/c1-15(2,10-9-11-7-5-4-6-8-11)20-13-17-12(16)18-14(19-13)21-3/h4-8H,9-10H2,1-3H3,(H,17,18,19,20). The van der Waals surface area contributed by atoms with E-state index in [0.29, 0.717) is 5.95 Å². The molecule has 1 heterocycles. The molecule has 0 amide bonds. The Balaban J connectivity index is 2.01. The van der Waals surface area contributed by atoms with E-state index >= 15 is 0 Å². The minimum atomic E-state index is -0.175. The van der Waals surface area contributed by atoms with Gasteiger partial charge in [0, 0.05) is 5.54 Å². The van der Waals surface area contributed by atoms with E-state index < -0.39 is 0 Å². The lowest BCUT2D eigenvalue weighted by Crippen LogP contribution is -2.32. The number of methoxy groups -OCH3 is 1. The molecule has 0 saturated carbocycles. The van der Waals surface area contributed by atoms with Crippen LogP contribution in [0.1, 0.15) is 25.8 Å². The van der Waals surface area contributed by atoms with Gasteiger partial charge in [-0.25, -0.2) is 0 Å². The van der Waals surface area contributed by atoms with Crippen molar-refractivity contribution in [3.05, 3.63) is 41.2 Å². The summed E-state index contributed by atoms with van der Waals surface area (Å²) in [6.07, 6.45) is 1.90. The third kappa shape index (κ3) is 4.86. The van der Waals surface area contributed by atoms with E-state index in [2.05, 4.69) is 46.2 Å². The van der Waals surface area contributed by atoms with Gasteiger partial charge >= 0.3 is 6.01 Å². The Labute approximate surface area is 129 Å². The van der Waals surface area contributed by atoms with Gasteiger partial charge in [-0.05, 0) is 43.9 Å². The fourth-order valence-electron chi connectivity index (χ4n) is 1.95. The highest BCUT2D eigenvalue weighted by molar-refractivity contribution is 6.28. The van der Waals surface area contributed by atoms with Crippen LogP contribution in [-0.2, 0) is 6.42 Å². The number of hydrogen-bond donors (Lipinski definition) is 1.